The molecular weight excluding hydrogens is 268 g/mol. The zero-order chi connectivity index (χ0) is 13.8. The second kappa shape index (κ2) is 5.85. The normalized spacial score (nSPS) is 13.9. The van der Waals surface area contributed by atoms with Crippen molar-refractivity contribution in [3.05, 3.63) is 77.3 Å². The van der Waals surface area contributed by atoms with Gasteiger partial charge < -0.3 is 0 Å². The highest BCUT2D eigenvalue weighted by Gasteiger charge is 2.06. The van der Waals surface area contributed by atoms with Crippen LogP contribution in [-0.4, -0.2) is 0 Å². The summed E-state index contributed by atoms with van der Waals surface area (Å²) in [6.07, 6.45) is 7.27. The molecule has 1 aliphatic carbocycles. The van der Waals surface area contributed by atoms with Crippen molar-refractivity contribution in [1.29, 1.82) is 0 Å². The maximum Gasteiger partial charge on any atom is 0.105 e. The number of nitrogens with zero attached hydrogens (tertiary/aromatic N) is 2. The molecule has 0 unspecified atom stereocenters. The van der Waals surface area contributed by atoms with Gasteiger partial charge in [-0.25, -0.2) is 0 Å². The van der Waals surface area contributed by atoms with E-state index in [-0.39, 0.29) is 0 Å². The van der Waals surface area contributed by atoms with Gasteiger partial charge in [0.15, 0.2) is 0 Å². The van der Waals surface area contributed by atoms with Crippen molar-refractivity contribution in [2.75, 3.05) is 0 Å². The third kappa shape index (κ3) is 2.86. The summed E-state index contributed by atoms with van der Waals surface area (Å²) in [7, 11) is 0. The van der Waals surface area contributed by atoms with Gasteiger partial charge in [0.1, 0.15) is 5.69 Å². The van der Waals surface area contributed by atoms with E-state index >= 15 is 0 Å². The minimum absolute atomic E-state index is 0.611. The molecule has 0 radical (unpaired) electrons. The number of rotatable bonds is 3. The van der Waals surface area contributed by atoms with E-state index in [0.29, 0.717) is 10.7 Å². The Balaban J connectivity index is 1.89. The quantitative estimate of drug-likeness (QED) is 0.607. The fraction of sp³-hybridized carbons (Fsp3) is 0.0588. The van der Waals surface area contributed by atoms with Crippen LogP contribution in [0.15, 0.2) is 77.0 Å². The maximum atomic E-state index is 6.18. The summed E-state index contributed by atoms with van der Waals surface area (Å²) in [4.78, 5) is 0. The summed E-state index contributed by atoms with van der Waals surface area (Å²) in [5.41, 5.74) is 3.93. The van der Waals surface area contributed by atoms with Crippen LogP contribution in [0.25, 0.3) is 5.57 Å². The monoisotopic (exact) mass is 280 g/mol. The SMILES string of the molecule is Clc1ccc(C2=CC=CC2)cc1N=Nc1ccccc1. The van der Waals surface area contributed by atoms with Gasteiger partial charge in [0.25, 0.3) is 0 Å². The molecule has 20 heavy (non-hydrogen) atoms. The van der Waals surface area contributed by atoms with Crippen LogP contribution in [0.5, 0.6) is 0 Å². The predicted molar refractivity (Wildman–Crippen MR) is 83.8 cm³/mol. The Bertz CT molecular complexity index is 700. The highest BCUT2D eigenvalue weighted by atomic mass is 35.5. The van der Waals surface area contributed by atoms with Crippen molar-refractivity contribution in [2.45, 2.75) is 6.42 Å². The lowest BCUT2D eigenvalue weighted by Crippen LogP contribution is -1.80. The predicted octanol–water partition coefficient (Wildman–Crippen LogP) is 6.10. The molecule has 0 fully saturated rings. The molecule has 0 atom stereocenters. The maximum absolute atomic E-state index is 6.18. The van der Waals surface area contributed by atoms with Gasteiger partial charge in [-0.15, -0.1) is 5.11 Å². The van der Waals surface area contributed by atoms with E-state index < -0.39 is 0 Å². The lowest BCUT2D eigenvalue weighted by atomic mass is 10.0. The first kappa shape index (κ1) is 12.8. The van der Waals surface area contributed by atoms with Crippen LogP contribution in [0.2, 0.25) is 5.02 Å². The summed E-state index contributed by atoms with van der Waals surface area (Å²) < 4.78 is 0. The van der Waals surface area contributed by atoms with Crippen LogP contribution in [0, 0.1) is 0 Å². The smallest absolute Gasteiger partial charge is 0.105 e. The van der Waals surface area contributed by atoms with Crippen molar-refractivity contribution < 1.29 is 0 Å². The summed E-state index contributed by atoms with van der Waals surface area (Å²) in [5, 5.41) is 9.08. The topological polar surface area (TPSA) is 24.7 Å². The zero-order valence-electron chi connectivity index (χ0n) is 10.8. The van der Waals surface area contributed by atoms with E-state index in [9.17, 15) is 0 Å². The molecule has 0 bridgehead atoms. The zero-order valence-corrected chi connectivity index (χ0v) is 11.6. The van der Waals surface area contributed by atoms with E-state index in [2.05, 4.69) is 28.5 Å². The average Bonchev–Trinajstić information content (AvgIpc) is 3.02. The minimum Gasteiger partial charge on any atom is -0.151 e. The number of halogens is 1. The fourth-order valence-corrected chi connectivity index (χ4v) is 2.21. The Hall–Kier alpha value is -2.19. The lowest BCUT2D eigenvalue weighted by molar-refractivity contribution is 1.23. The number of benzene rings is 2. The molecule has 2 aromatic rings. The molecule has 0 spiro atoms. The molecule has 2 nitrogen and oxygen atoms in total. The summed E-state index contributed by atoms with van der Waals surface area (Å²) in [6.45, 7) is 0. The van der Waals surface area contributed by atoms with Gasteiger partial charge in [-0.2, -0.15) is 5.11 Å². The standard InChI is InChI=1S/C17H13ClN2/c18-16-11-10-14(13-6-4-5-7-13)12-17(16)20-19-15-8-2-1-3-9-15/h1-6,8-12H,7H2. The highest BCUT2D eigenvalue weighted by Crippen LogP contribution is 2.32. The number of hydrogen-bond acceptors (Lipinski definition) is 2. The van der Waals surface area contributed by atoms with Crippen LogP contribution in [0.4, 0.5) is 11.4 Å². The Morgan fingerprint density at radius 1 is 0.950 bits per heavy atom. The summed E-state index contributed by atoms with van der Waals surface area (Å²) in [5.74, 6) is 0. The van der Waals surface area contributed by atoms with Gasteiger partial charge >= 0.3 is 0 Å². The molecule has 0 N–H and O–H groups in total. The molecule has 0 saturated carbocycles. The minimum atomic E-state index is 0.611. The molecule has 0 saturated heterocycles. The van der Waals surface area contributed by atoms with Gasteiger partial charge in [-0.1, -0.05) is 54.1 Å². The largest absolute Gasteiger partial charge is 0.151 e. The molecule has 1 aliphatic rings. The van der Waals surface area contributed by atoms with Crippen molar-refractivity contribution in [2.24, 2.45) is 10.2 Å². The van der Waals surface area contributed by atoms with Crippen molar-refractivity contribution in [1.82, 2.24) is 0 Å². The van der Waals surface area contributed by atoms with Crippen LogP contribution >= 0.6 is 11.6 Å². The number of allylic oxidation sites excluding steroid dienone is 4. The Labute approximate surface area is 123 Å². The van der Waals surface area contributed by atoms with Crippen molar-refractivity contribution in [3.8, 4) is 0 Å². The van der Waals surface area contributed by atoms with Gasteiger partial charge in [0.2, 0.25) is 0 Å². The molecule has 2 aromatic carbocycles. The number of azo groups is 1. The molecule has 0 aromatic heterocycles. The Kier molecular flexibility index (Phi) is 3.75. The molecule has 3 rings (SSSR count). The van der Waals surface area contributed by atoms with E-state index in [1.807, 2.05) is 48.5 Å². The summed E-state index contributed by atoms with van der Waals surface area (Å²) >= 11 is 6.18. The van der Waals surface area contributed by atoms with E-state index in [0.717, 1.165) is 17.7 Å². The third-order valence-electron chi connectivity index (χ3n) is 3.12. The van der Waals surface area contributed by atoms with E-state index in [1.165, 1.54) is 5.57 Å². The Morgan fingerprint density at radius 2 is 1.80 bits per heavy atom. The van der Waals surface area contributed by atoms with E-state index in [1.54, 1.807) is 0 Å². The van der Waals surface area contributed by atoms with Gasteiger partial charge in [0, 0.05) is 0 Å². The second-order valence-electron chi connectivity index (χ2n) is 4.53. The molecule has 98 valence electrons. The van der Waals surface area contributed by atoms with Gasteiger partial charge in [-0.3, -0.25) is 0 Å². The van der Waals surface area contributed by atoms with Crippen LogP contribution in [0.1, 0.15) is 12.0 Å². The molecular formula is C17H13ClN2. The fourth-order valence-electron chi connectivity index (χ4n) is 2.06. The summed E-state index contributed by atoms with van der Waals surface area (Å²) in [6, 6.07) is 15.5. The first-order valence-electron chi connectivity index (χ1n) is 6.45. The molecule has 0 amide bonds. The first-order valence-corrected chi connectivity index (χ1v) is 6.83. The van der Waals surface area contributed by atoms with Crippen molar-refractivity contribution >= 4 is 28.5 Å². The van der Waals surface area contributed by atoms with Crippen LogP contribution < -0.4 is 0 Å². The molecule has 0 heterocycles. The lowest BCUT2D eigenvalue weighted by Gasteiger charge is -2.04. The molecule has 0 aliphatic heterocycles. The van der Waals surface area contributed by atoms with Gasteiger partial charge in [0.05, 0.1) is 10.7 Å². The second-order valence-corrected chi connectivity index (χ2v) is 4.93. The highest BCUT2D eigenvalue weighted by molar-refractivity contribution is 6.33. The van der Waals surface area contributed by atoms with E-state index in [4.69, 9.17) is 11.6 Å². The van der Waals surface area contributed by atoms with Crippen LogP contribution in [-0.2, 0) is 0 Å². The number of hydrogen-bond donors (Lipinski definition) is 0. The van der Waals surface area contributed by atoms with Crippen LogP contribution in [0.3, 0.4) is 0 Å². The first-order chi connectivity index (χ1) is 9.83. The Morgan fingerprint density at radius 3 is 2.55 bits per heavy atom. The molecule has 3 heteroatoms. The third-order valence-corrected chi connectivity index (χ3v) is 3.44. The van der Waals surface area contributed by atoms with Gasteiger partial charge in [-0.05, 0) is 41.8 Å². The average molecular weight is 281 g/mol. The van der Waals surface area contributed by atoms with Crippen molar-refractivity contribution in [3.63, 3.8) is 0 Å².